The Balaban J connectivity index is 1.96. The summed E-state index contributed by atoms with van der Waals surface area (Å²) < 4.78 is 13.8. The van der Waals surface area contributed by atoms with Gasteiger partial charge in [-0.25, -0.2) is 4.39 Å². The third-order valence-corrected chi connectivity index (χ3v) is 4.78. The van der Waals surface area contributed by atoms with Crippen LogP contribution in [-0.2, 0) is 11.3 Å². The van der Waals surface area contributed by atoms with Crippen molar-refractivity contribution in [3.63, 3.8) is 0 Å². The fraction of sp³-hybridized carbons (Fsp3) is 0.381. The number of anilines is 1. The zero-order valence-electron chi connectivity index (χ0n) is 15.4. The molecular weight excluding hydrogens is 315 g/mol. The van der Waals surface area contributed by atoms with E-state index in [1.165, 1.54) is 11.6 Å². The quantitative estimate of drug-likeness (QED) is 0.784. The predicted octanol–water partition coefficient (Wildman–Crippen LogP) is 4.80. The van der Waals surface area contributed by atoms with Gasteiger partial charge in [0, 0.05) is 17.8 Å². The molecule has 0 spiro atoms. The molecule has 0 unspecified atom stereocenters. The van der Waals surface area contributed by atoms with Gasteiger partial charge in [-0.2, -0.15) is 0 Å². The van der Waals surface area contributed by atoms with E-state index >= 15 is 0 Å². The van der Waals surface area contributed by atoms with Gasteiger partial charge in [-0.05, 0) is 50.1 Å². The standard InChI is InChI=1S/C21H27FN2O/c1-5-15(2)17-10-12-19(13-11-17)23-21(25)16(3)24(4)14-18-8-6-7-9-20(18)22/h6-13,15-16H,5,14H2,1-4H3,(H,23,25)/t15-,16-/m0/s1. The fourth-order valence-electron chi connectivity index (χ4n) is 2.61. The highest BCUT2D eigenvalue weighted by Gasteiger charge is 2.19. The molecule has 0 fully saturated rings. The molecule has 0 aromatic heterocycles. The molecular formula is C21H27FN2O. The molecule has 0 bridgehead atoms. The lowest BCUT2D eigenvalue weighted by molar-refractivity contribution is -0.120. The van der Waals surface area contributed by atoms with E-state index in [1.54, 1.807) is 18.2 Å². The number of rotatable bonds is 7. The highest BCUT2D eigenvalue weighted by molar-refractivity contribution is 5.94. The van der Waals surface area contributed by atoms with Gasteiger partial charge in [-0.1, -0.05) is 44.2 Å². The lowest BCUT2D eigenvalue weighted by atomic mass is 9.98. The molecule has 1 amide bonds. The Kier molecular flexibility index (Phi) is 6.71. The molecule has 2 rings (SSSR count). The van der Waals surface area contributed by atoms with Crippen molar-refractivity contribution < 1.29 is 9.18 Å². The smallest absolute Gasteiger partial charge is 0.241 e. The van der Waals surface area contributed by atoms with Gasteiger partial charge < -0.3 is 5.32 Å². The van der Waals surface area contributed by atoms with Crippen LogP contribution >= 0.6 is 0 Å². The maximum atomic E-state index is 13.8. The SMILES string of the molecule is CC[C@H](C)c1ccc(NC(=O)[C@H](C)N(C)Cc2ccccc2F)cc1. The summed E-state index contributed by atoms with van der Waals surface area (Å²) in [4.78, 5) is 14.3. The average molecular weight is 342 g/mol. The van der Waals surface area contributed by atoms with E-state index in [2.05, 4.69) is 31.3 Å². The molecule has 0 aliphatic rings. The third kappa shape index (κ3) is 5.13. The van der Waals surface area contributed by atoms with Crippen molar-refractivity contribution in [1.82, 2.24) is 4.90 Å². The normalized spacial score (nSPS) is 13.5. The lowest BCUT2D eigenvalue weighted by Crippen LogP contribution is -2.39. The van der Waals surface area contributed by atoms with Crippen molar-refractivity contribution in [3.05, 3.63) is 65.5 Å². The summed E-state index contributed by atoms with van der Waals surface area (Å²) in [6.45, 7) is 6.55. The van der Waals surface area contributed by atoms with Gasteiger partial charge in [0.05, 0.1) is 6.04 Å². The maximum absolute atomic E-state index is 13.8. The minimum Gasteiger partial charge on any atom is -0.325 e. The van der Waals surface area contributed by atoms with Crippen molar-refractivity contribution in [2.45, 2.75) is 45.7 Å². The van der Waals surface area contributed by atoms with Crippen molar-refractivity contribution in [2.75, 3.05) is 12.4 Å². The number of carbonyl (C=O) groups is 1. The number of carbonyl (C=O) groups excluding carboxylic acids is 1. The van der Waals surface area contributed by atoms with Crippen LogP contribution in [0.25, 0.3) is 0 Å². The Hall–Kier alpha value is -2.20. The summed E-state index contributed by atoms with van der Waals surface area (Å²) in [5.41, 5.74) is 2.64. The molecule has 1 N–H and O–H groups in total. The second kappa shape index (κ2) is 8.77. The number of nitrogens with one attached hydrogen (secondary N) is 1. The zero-order chi connectivity index (χ0) is 18.4. The monoisotopic (exact) mass is 342 g/mol. The highest BCUT2D eigenvalue weighted by Crippen LogP contribution is 2.20. The van der Waals surface area contributed by atoms with Crippen molar-refractivity contribution >= 4 is 11.6 Å². The van der Waals surface area contributed by atoms with Gasteiger partial charge in [0.15, 0.2) is 0 Å². The molecule has 134 valence electrons. The summed E-state index contributed by atoms with van der Waals surface area (Å²) in [5.74, 6) is 0.160. The van der Waals surface area contributed by atoms with Gasteiger partial charge in [0.1, 0.15) is 5.82 Å². The number of nitrogens with zero attached hydrogens (tertiary/aromatic N) is 1. The minimum atomic E-state index is -0.367. The van der Waals surface area contributed by atoms with E-state index in [0.717, 1.165) is 12.1 Å². The molecule has 2 aromatic carbocycles. The molecule has 0 heterocycles. The fourth-order valence-corrected chi connectivity index (χ4v) is 2.61. The van der Waals surface area contributed by atoms with Gasteiger partial charge >= 0.3 is 0 Å². The molecule has 0 aliphatic heterocycles. The van der Waals surface area contributed by atoms with Crippen molar-refractivity contribution in [2.24, 2.45) is 0 Å². The van der Waals surface area contributed by atoms with Gasteiger partial charge in [0.2, 0.25) is 5.91 Å². The van der Waals surface area contributed by atoms with E-state index < -0.39 is 0 Å². The number of benzene rings is 2. The Morgan fingerprint density at radius 3 is 2.36 bits per heavy atom. The summed E-state index contributed by atoms with van der Waals surface area (Å²) in [7, 11) is 1.82. The molecule has 25 heavy (non-hydrogen) atoms. The van der Waals surface area contributed by atoms with Crippen LogP contribution in [0.15, 0.2) is 48.5 Å². The van der Waals surface area contributed by atoms with E-state index in [9.17, 15) is 9.18 Å². The highest BCUT2D eigenvalue weighted by atomic mass is 19.1. The molecule has 2 atom stereocenters. The van der Waals surface area contributed by atoms with Crippen LogP contribution in [0.5, 0.6) is 0 Å². The first-order valence-electron chi connectivity index (χ1n) is 8.76. The second-order valence-electron chi connectivity index (χ2n) is 6.60. The Morgan fingerprint density at radius 1 is 1.12 bits per heavy atom. The van der Waals surface area contributed by atoms with Crippen LogP contribution in [0.2, 0.25) is 0 Å². The van der Waals surface area contributed by atoms with Gasteiger partial charge in [0.25, 0.3) is 0 Å². The van der Waals surface area contributed by atoms with Crippen LogP contribution in [0.1, 0.15) is 44.2 Å². The first-order valence-corrected chi connectivity index (χ1v) is 8.76. The predicted molar refractivity (Wildman–Crippen MR) is 101 cm³/mol. The number of hydrogen-bond donors (Lipinski definition) is 1. The zero-order valence-corrected chi connectivity index (χ0v) is 15.4. The second-order valence-corrected chi connectivity index (χ2v) is 6.60. The lowest BCUT2D eigenvalue weighted by Gasteiger charge is -2.24. The Labute approximate surface area is 149 Å². The summed E-state index contributed by atoms with van der Waals surface area (Å²) in [5, 5.41) is 2.93. The first kappa shape index (κ1) is 19.1. The van der Waals surface area contributed by atoms with E-state index in [-0.39, 0.29) is 17.8 Å². The number of amides is 1. The number of halogens is 1. The molecule has 3 nitrogen and oxygen atoms in total. The van der Waals surface area contributed by atoms with Gasteiger partial charge in [-0.3, -0.25) is 9.69 Å². The molecule has 2 aromatic rings. The van der Waals surface area contributed by atoms with Gasteiger partial charge in [-0.15, -0.1) is 0 Å². The van der Waals surface area contributed by atoms with Crippen molar-refractivity contribution in [1.29, 1.82) is 0 Å². The average Bonchev–Trinajstić information content (AvgIpc) is 2.62. The van der Waals surface area contributed by atoms with E-state index in [4.69, 9.17) is 0 Å². The Bertz CT molecular complexity index is 699. The number of likely N-dealkylation sites (N-methyl/N-ethyl adjacent to an activating group) is 1. The van der Waals surface area contributed by atoms with E-state index in [1.807, 2.05) is 31.0 Å². The van der Waals surface area contributed by atoms with Crippen LogP contribution in [-0.4, -0.2) is 23.9 Å². The summed E-state index contributed by atoms with van der Waals surface area (Å²) in [6.07, 6.45) is 1.09. The van der Waals surface area contributed by atoms with E-state index in [0.29, 0.717) is 18.0 Å². The molecule has 0 aliphatic carbocycles. The van der Waals surface area contributed by atoms with Crippen LogP contribution < -0.4 is 5.32 Å². The van der Waals surface area contributed by atoms with Crippen molar-refractivity contribution in [3.8, 4) is 0 Å². The summed E-state index contributed by atoms with van der Waals surface area (Å²) >= 11 is 0. The van der Waals surface area contributed by atoms with Crippen LogP contribution in [0, 0.1) is 5.82 Å². The first-order chi connectivity index (χ1) is 11.9. The molecule has 0 saturated heterocycles. The molecule has 0 saturated carbocycles. The molecule has 4 heteroatoms. The summed E-state index contributed by atoms with van der Waals surface area (Å²) in [6, 6.07) is 14.2. The van der Waals surface area contributed by atoms with Crippen LogP contribution in [0.4, 0.5) is 10.1 Å². The molecule has 0 radical (unpaired) electrons. The number of hydrogen-bond acceptors (Lipinski definition) is 2. The maximum Gasteiger partial charge on any atom is 0.241 e. The third-order valence-electron chi connectivity index (χ3n) is 4.78. The Morgan fingerprint density at radius 2 is 1.76 bits per heavy atom. The van der Waals surface area contributed by atoms with Crippen LogP contribution in [0.3, 0.4) is 0 Å². The largest absolute Gasteiger partial charge is 0.325 e. The minimum absolute atomic E-state index is 0.102. The topological polar surface area (TPSA) is 32.3 Å².